The third kappa shape index (κ3) is 5.76. The topological polar surface area (TPSA) is 70.2 Å². The second kappa shape index (κ2) is 8.72. The Morgan fingerprint density at radius 2 is 1.71 bits per heavy atom. The average molecular weight is 325 g/mol. The van der Waals surface area contributed by atoms with E-state index < -0.39 is 0 Å². The molecule has 0 radical (unpaired) electrons. The largest absolute Gasteiger partial charge is 0.334 e. The van der Waals surface area contributed by atoms with Crippen molar-refractivity contribution in [2.45, 2.75) is 26.3 Å². The maximum atomic E-state index is 11.9. The molecule has 0 aromatic heterocycles. The molecule has 2 aromatic carbocycles. The molecule has 3 amide bonds. The van der Waals surface area contributed by atoms with Crippen molar-refractivity contribution in [2.75, 3.05) is 11.9 Å². The zero-order valence-corrected chi connectivity index (χ0v) is 14.0. The van der Waals surface area contributed by atoms with E-state index in [9.17, 15) is 9.59 Å². The standard InChI is InChI=1S/C19H23N3O2/c1-14(2)16-9-6-10-17(11-16)22-18(23)13-21-19(24)20-12-15-7-4-3-5-8-15/h3-11,14H,12-13H2,1-2H3,(H,22,23)(H2,20,21,24). The average Bonchev–Trinajstić information content (AvgIpc) is 2.59. The van der Waals surface area contributed by atoms with Crippen LogP contribution in [-0.4, -0.2) is 18.5 Å². The number of carbonyl (C=O) groups excluding carboxylic acids is 2. The molecule has 0 bridgehead atoms. The molecule has 5 nitrogen and oxygen atoms in total. The zero-order chi connectivity index (χ0) is 17.4. The number of benzene rings is 2. The molecule has 126 valence electrons. The van der Waals surface area contributed by atoms with Gasteiger partial charge in [0.1, 0.15) is 0 Å². The summed E-state index contributed by atoms with van der Waals surface area (Å²) >= 11 is 0. The summed E-state index contributed by atoms with van der Waals surface area (Å²) < 4.78 is 0. The first kappa shape index (κ1) is 17.5. The zero-order valence-electron chi connectivity index (χ0n) is 14.0. The Kier molecular flexibility index (Phi) is 6.37. The number of rotatable bonds is 6. The fourth-order valence-electron chi connectivity index (χ4n) is 2.18. The third-order valence-electron chi connectivity index (χ3n) is 3.54. The molecule has 2 aromatic rings. The molecule has 0 aliphatic rings. The van der Waals surface area contributed by atoms with Crippen molar-refractivity contribution >= 4 is 17.6 Å². The van der Waals surface area contributed by atoms with Crippen LogP contribution in [0.5, 0.6) is 0 Å². The third-order valence-corrected chi connectivity index (χ3v) is 3.54. The Morgan fingerprint density at radius 1 is 0.958 bits per heavy atom. The van der Waals surface area contributed by atoms with Gasteiger partial charge in [0, 0.05) is 12.2 Å². The SMILES string of the molecule is CC(C)c1cccc(NC(=O)CNC(=O)NCc2ccccc2)c1. The van der Waals surface area contributed by atoms with E-state index in [2.05, 4.69) is 29.8 Å². The molecule has 2 rings (SSSR count). The van der Waals surface area contributed by atoms with Crippen LogP contribution in [0.15, 0.2) is 54.6 Å². The maximum absolute atomic E-state index is 11.9. The van der Waals surface area contributed by atoms with Crippen LogP contribution in [-0.2, 0) is 11.3 Å². The molecule has 24 heavy (non-hydrogen) atoms. The summed E-state index contributed by atoms with van der Waals surface area (Å²) in [5.74, 6) is 0.134. The van der Waals surface area contributed by atoms with Crippen molar-refractivity contribution < 1.29 is 9.59 Å². The van der Waals surface area contributed by atoms with Crippen molar-refractivity contribution in [1.29, 1.82) is 0 Å². The van der Waals surface area contributed by atoms with Gasteiger partial charge in [-0.25, -0.2) is 4.79 Å². The quantitative estimate of drug-likeness (QED) is 0.763. The van der Waals surface area contributed by atoms with E-state index in [4.69, 9.17) is 0 Å². The summed E-state index contributed by atoms with van der Waals surface area (Å²) in [6.45, 7) is 4.54. The Hall–Kier alpha value is -2.82. The number of carbonyl (C=O) groups is 2. The van der Waals surface area contributed by atoms with E-state index >= 15 is 0 Å². The van der Waals surface area contributed by atoms with E-state index in [1.807, 2.05) is 54.6 Å². The second-order valence-corrected chi connectivity index (χ2v) is 5.85. The molecular formula is C19H23N3O2. The highest BCUT2D eigenvalue weighted by Gasteiger charge is 2.07. The molecule has 0 saturated heterocycles. The van der Waals surface area contributed by atoms with Gasteiger partial charge < -0.3 is 16.0 Å². The minimum atomic E-state index is -0.370. The fourth-order valence-corrected chi connectivity index (χ4v) is 2.18. The number of amides is 3. The summed E-state index contributed by atoms with van der Waals surface area (Å²) in [5.41, 5.74) is 2.89. The van der Waals surface area contributed by atoms with Crippen LogP contribution in [0.3, 0.4) is 0 Å². The van der Waals surface area contributed by atoms with Crippen molar-refractivity contribution in [2.24, 2.45) is 0 Å². The smallest absolute Gasteiger partial charge is 0.315 e. The van der Waals surface area contributed by atoms with Gasteiger partial charge in [-0.15, -0.1) is 0 Å². The predicted octanol–water partition coefficient (Wildman–Crippen LogP) is 3.25. The van der Waals surface area contributed by atoms with E-state index in [0.717, 1.165) is 16.8 Å². The highest BCUT2D eigenvalue weighted by molar-refractivity contribution is 5.94. The van der Waals surface area contributed by atoms with Crippen molar-refractivity contribution in [3.8, 4) is 0 Å². The molecule has 0 spiro atoms. The highest BCUT2D eigenvalue weighted by atomic mass is 16.2. The summed E-state index contributed by atoms with van der Waals surface area (Å²) in [6, 6.07) is 16.9. The Balaban J connectivity index is 1.74. The number of hydrogen-bond donors (Lipinski definition) is 3. The van der Waals surface area contributed by atoms with Crippen LogP contribution in [0.4, 0.5) is 10.5 Å². The lowest BCUT2D eigenvalue weighted by Gasteiger charge is -2.10. The van der Waals surface area contributed by atoms with Gasteiger partial charge in [-0.2, -0.15) is 0 Å². The van der Waals surface area contributed by atoms with Gasteiger partial charge in [-0.3, -0.25) is 4.79 Å². The van der Waals surface area contributed by atoms with Crippen LogP contribution in [0.1, 0.15) is 30.9 Å². The molecule has 3 N–H and O–H groups in total. The lowest BCUT2D eigenvalue weighted by molar-refractivity contribution is -0.115. The first-order valence-electron chi connectivity index (χ1n) is 8.00. The minimum Gasteiger partial charge on any atom is -0.334 e. The molecule has 0 heterocycles. The van der Waals surface area contributed by atoms with Crippen LogP contribution >= 0.6 is 0 Å². The molecule has 0 atom stereocenters. The second-order valence-electron chi connectivity index (χ2n) is 5.85. The Morgan fingerprint density at radius 3 is 2.42 bits per heavy atom. The molecule has 0 saturated carbocycles. The first-order valence-corrected chi connectivity index (χ1v) is 8.00. The van der Waals surface area contributed by atoms with Crippen molar-refractivity contribution in [1.82, 2.24) is 10.6 Å². The van der Waals surface area contributed by atoms with Gasteiger partial charge in [0.25, 0.3) is 0 Å². The summed E-state index contributed by atoms with van der Waals surface area (Å²) in [5, 5.41) is 8.05. The molecule has 0 fully saturated rings. The Labute approximate surface area is 142 Å². The normalized spacial score (nSPS) is 10.3. The lowest BCUT2D eigenvalue weighted by Crippen LogP contribution is -2.39. The molecule has 0 unspecified atom stereocenters. The van der Waals surface area contributed by atoms with Gasteiger partial charge in [-0.05, 0) is 29.2 Å². The highest BCUT2D eigenvalue weighted by Crippen LogP contribution is 2.18. The summed E-state index contributed by atoms with van der Waals surface area (Å²) in [7, 11) is 0. The van der Waals surface area contributed by atoms with Crippen molar-refractivity contribution in [3.63, 3.8) is 0 Å². The van der Waals surface area contributed by atoms with E-state index in [0.29, 0.717) is 12.5 Å². The number of urea groups is 1. The first-order chi connectivity index (χ1) is 11.5. The predicted molar refractivity (Wildman–Crippen MR) is 95.8 cm³/mol. The molecule has 0 aliphatic carbocycles. The van der Waals surface area contributed by atoms with Gasteiger partial charge in [-0.1, -0.05) is 56.3 Å². The number of nitrogens with one attached hydrogen (secondary N) is 3. The molecule has 5 heteroatoms. The monoisotopic (exact) mass is 325 g/mol. The minimum absolute atomic E-state index is 0.0769. The van der Waals surface area contributed by atoms with Crippen LogP contribution in [0.2, 0.25) is 0 Å². The molecular weight excluding hydrogens is 302 g/mol. The van der Waals surface area contributed by atoms with Gasteiger partial charge in [0.15, 0.2) is 0 Å². The summed E-state index contributed by atoms with van der Waals surface area (Å²) in [6.07, 6.45) is 0. The van der Waals surface area contributed by atoms with E-state index in [-0.39, 0.29) is 18.5 Å². The van der Waals surface area contributed by atoms with E-state index in [1.54, 1.807) is 0 Å². The summed E-state index contributed by atoms with van der Waals surface area (Å²) in [4.78, 5) is 23.6. The number of anilines is 1. The van der Waals surface area contributed by atoms with Crippen molar-refractivity contribution in [3.05, 3.63) is 65.7 Å². The number of hydrogen-bond acceptors (Lipinski definition) is 2. The van der Waals surface area contributed by atoms with Gasteiger partial charge in [0.05, 0.1) is 6.54 Å². The fraction of sp³-hybridized carbons (Fsp3) is 0.263. The lowest BCUT2D eigenvalue weighted by atomic mass is 10.0. The Bertz CT molecular complexity index is 684. The molecule has 0 aliphatic heterocycles. The van der Waals surface area contributed by atoms with Crippen LogP contribution in [0, 0.1) is 0 Å². The van der Waals surface area contributed by atoms with Gasteiger partial charge >= 0.3 is 6.03 Å². The van der Waals surface area contributed by atoms with Crippen LogP contribution < -0.4 is 16.0 Å². The maximum Gasteiger partial charge on any atom is 0.315 e. The van der Waals surface area contributed by atoms with E-state index in [1.165, 1.54) is 0 Å². The van der Waals surface area contributed by atoms with Gasteiger partial charge in [0.2, 0.25) is 5.91 Å². The van der Waals surface area contributed by atoms with Crippen LogP contribution in [0.25, 0.3) is 0 Å².